The molecule has 0 unspecified atom stereocenters. The van der Waals surface area contributed by atoms with Crippen molar-refractivity contribution in [3.8, 4) is 11.5 Å². The SMILES string of the molecule is CC1(C)OC[C@@H](COC(=O)CCc2ccc(OC(=O)CCc3ccc(O)cc3)cc2)O1. The van der Waals surface area contributed by atoms with Crippen LogP contribution in [0.4, 0.5) is 0 Å². The first-order valence-electron chi connectivity index (χ1n) is 10.3. The molecule has 1 N–H and O–H groups in total. The maximum Gasteiger partial charge on any atom is 0.311 e. The third-order valence-electron chi connectivity index (χ3n) is 4.82. The molecule has 3 rings (SSSR count). The summed E-state index contributed by atoms with van der Waals surface area (Å²) in [6.45, 7) is 4.24. The molecule has 1 aliphatic heterocycles. The molecule has 0 aliphatic carbocycles. The van der Waals surface area contributed by atoms with E-state index in [4.69, 9.17) is 18.9 Å². The van der Waals surface area contributed by atoms with Crippen molar-refractivity contribution in [3.63, 3.8) is 0 Å². The van der Waals surface area contributed by atoms with Crippen molar-refractivity contribution in [3.05, 3.63) is 59.7 Å². The Morgan fingerprint density at radius 1 is 0.968 bits per heavy atom. The summed E-state index contributed by atoms with van der Waals surface area (Å²) in [7, 11) is 0. The molecular formula is C24H28O7. The molecule has 7 heteroatoms. The molecular weight excluding hydrogens is 400 g/mol. The van der Waals surface area contributed by atoms with Crippen molar-refractivity contribution in [1.82, 2.24) is 0 Å². The minimum atomic E-state index is -0.631. The van der Waals surface area contributed by atoms with Crippen LogP contribution in [0.15, 0.2) is 48.5 Å². The summed E-state index contributed by atoms with van der Waals surface area (Å²) >= 11 is 0. The van der Waals surface area contributed by atoms with Gasteiger partial charge in [-0.1, -0.05) is 24.3 Å². The van der Waals surface area contributed by atoms with Gasteiger partial charge in [0.25, 0.3) is 0 Å². The third-order valence-corrected chi connectivity index (χ3v) is 4.82. The highest BCUT2D eigenvalue weighted by molar-refractivity contribution is 5.72. The van der Waals surface area contributed by atoms with Gasteiger partial charge < -0.3 is 24.1 Å². The molecule has 0 bridgehead atoms. The first-order valence-corrected chi connectivity index (χ1v) is 10.3. The second-order valence-electron chi connectivity index (χ2n) is 7.92. The number of benzene rings is 2. The third kappa shape index (κ3) is 7.70. The van der Waals surface area contributed by atoms with E-state index in [9.17, 15) is 14.7 Å². The first-order chi connectivity index (χ1) is 14.8. The van der Waals surface area contributed by atoms with Gasteiger partial charge in [-0.3, -0.25) is 9.59 Å². The summed E-state index contributed by atoms with van der Waals surface area (Å²) < 4.78 is 21.6. The number of carbonyl (C=O) groups excluding carboxylic acids is 2. The molecule has 1 atom stereocenters. The Hall–Kier alpha value is -2.90. The van der Waals surface area contributed by atoms with Crippen molar-refractivity contribution >= 4 is 11.9 Å². The number of carbonyl (C=O) groups is 2. The summed E-state index contributed by atoms with van der Waals surface area (Å²) in [6, 6.07) is 13.8. The lowest BCUT2D eigenvalue weighted by Gasteiger charge is -2.17. The van der Waals surface area contributed by atoms with E-state index in [0.29, 0.717) is 25.2 Å². The molecule has 0 radical (unpaired) electrons. The first kappa shape index (κ1) is 22.8. The molecule has 0 aromatic heterocycles. The highest BCUT2D eigenvalue weighted by atomic mass is 16.7. The summed E-state index contributed by atoms with van der Waals surface area (Å²) in [6.07, 6.45) is 1.33. The minimum Gasteiger partial charge on any atom is -0.508 e. The lowest BCUT2D eigenvalue weighted by molar-refractivity contribution is -0.158. The van der Waals surface area contributed by atoms with Gasteiger partial charge in [0.05, 0.1) is 6.61 Å². The number of phenolic OH excluding ortho intramolecular Hbond substituents is 1. The maximum absolute atomic E-state index is 12.0. The average molecular weight is 428 g/mol. The topological polar surface area (TPSA) is 91.3 Å². The lowest BCUT2D eigenvalue weighted by atomic mass is 10.1. The number of aromatic hydroxyl groups is 1. The van der Waals surface area contributed by atoms with Crippen molar-refractivity contribution < 1.29 is 33.6 Å². The second kappa shape index (κ2) is 10.4. The van der Waals surface area contributed by atoms with Crippen LogP contribution in [0.2, 0.25) is 0 Å². The van der Waals surface area contributed by atoms with Crippen LogP contribution in [0.1, 0.15) is 37.8 Å². The van der Waals surface area contributed by atoms with Crippen LogP contribution in [-0.2, 0) is 36.6 Å². The zero-order valence-corrected chi connectivity index (χ0v) is 17.8. The van der Waals surface area contributed by atoms with Crippen molar-refractivity contribution in [2.75, 3.05) is 13.2 Å². The van der Waals surface area contributed by atoms with Crippen LogP contribution in [0.25, 0.3) is 0 Å². The molecule has 0 saturated carbocycles. The second-order valence-corrected chi connectivity index (χ2v) is 7.92. The predicted octanol–water partition coefficient (Wildman–Crippen LogP) is 3.56. The molecule has 0 amide bonds. The summed E-state index contributed by atoms with van der Waals surface area (Å²) in [5.41, 5.74) is 1.90. The fraction of sp³-hybridized carbons (Fsp3) is 0.417. The number of rotatable bonds is 9. The van der Waals surface area contributed by atoms with Crippen molar-refractivity contribution in [2.45, 2.75) is 51.4 Å². The fourth-order valence-corrected chi connectivity index (χ4v) is 3.17. The Morgan fingerprint density at radius 2 is 1.55 bits per heavy atom. The van der Waals surface area contributed by atoms with Crippen LogP contribution in [0, 0.1) is 0 Å². The molecule has 7 nitrogen and oxygen atoms in total. The molecule has 1 fully saturated rings. The van der Waals surface area contributed by atoms with E-state index in [1.165, 1.54) is 0 Å². The molecule has 0 spiro atoms. The zero-order chi connectivity index (χ0) is 22.3. The summed E-state index contributed by atoms with van der Waals surface area (Å²) in [4.78, 5) is 24.0. The van der Waals surface area contributed by atoms with Crippen LogP contribution in [0.5, 0.6) is 11.5 Å². The highest BCUT2D eigenvalue weighted by Gasteiger charge is 2.33. The predicted molar refractivity (Wildman–Crippen MR) is 113 cm³/mol. The molecule has 2 aromatic rings. The Morgan fingerprint density at radius 3 is 2.13 bits per heavy atom. The largest absolute Gasteiger partial charge is 0.508 e. The molecule has 2 aromatic carbocycles. The van der Waals surface area contributed by atoms with Crippen LogP contribution < -0.4 is 4.74 Å². The van der Waals surface area contributed by atoms with Gasteiger partial charge in [-0.15, -0.1) is 0 Å². The highest BCUT2D eigenvalue weighted by Crippen LogP contribution is 2.22. The lowest BCUT2D eigenvalue weighted by Crippen LogP contribution is -2.25. The minimum absolute atomic E-state index is 0.182. The van der Waals surface area contributed by atoms with Gasteiger partial charge >= 0.3 is 11.9 Å². The van der Waals surface area contributed by atoms with E-state index in [0.717, 1.165) is 11.1 Å². The van der Waals surface area contributed by atoms with Gasteiger partial charge in [0, 0.05) is 12.8 Å². The van der Waals surface area contributed by atoms with Crippen molar-refractivity contribution in [1.29, 1.82) is 0 Å². The van der Waals surface area contributed by atoms with Gasteiger partial charge in [0.1, 0.15) is 24.2 Å². The number of aryl methyl sites for hydroxylation is 2. The van der Waals surface area contributed by atoms with Gasteiger partial charge in [0.15, 0.2) is 5.79 Å². The van der Waals surface area contributed by atoms with E-state index in [2.05, 4.69) is 0 Å². The number of hydrogen-bond acceptors (Lipinski definition) is 7. The number of hydrogen-bond donors (Lipinski definition) is 1. The molecule has 1 aliphatic rings. The van der Waals surface area contributed by atoms with Crippen LogP contribution in [-0.4, -0.2) is 42.1 Å². The van der Waals surface area contributed by atoms with Crippen LogP contribution in [0.3, 0.4) is 0 Å². The molecule has 31 heavy (non-hydrogen) atoms. The number of esters is 2. The van der Waals surface area contributed by atoms with Gasteiger partial charge in [0.2, 0.25) is 0 Å². The maximum atomic E-state index is 12.0. The quantitative estimate of drug-likeness (QED) is 0.482. The van der Waals surface area contributed by atoms with E-state index < -0.39 is 5.79 Å². The Bertz CT molecular complexity index is 872. The molecule has 166 valence electrons. The standard InChI is InChI=1S/C24H28O7/c1-24(2)29-16-21(31-24)15-28-22(26)13-7-18-5-11-20(12-6-18)30-23(27)14-8-17-3-9-19(25)10-4-17/h3-6,9-12,21,25H,7-8,13-16H2,1-2H3/t21-/m1/s1. The van der Waals surface area contributed by atoms with Gasteiger partial charge in [-0.25, -0.2) is 0 Å². The van der Waals surface area contributed by atoms with E-state index >= 15 is 0 Å². The summed E-state index contributed by atoms with van der Waals surface area (Å²) in [5, 5.41) is 9.28. The van der Waals surface area contributed by atoms with Gasteiger partial charge in [-0.05, 0) is 62.1 Å². The van der Waals surface area contributed by atoms with E-state index in [1.807, 2.05) is 26.0 Å². The zero-order valence-electron chi connectivity index (χ0n) is 17.8. The summed E-state index contributed by atoms with van der Waals surface area (Å²) in [5.74, 6) is -0.596. The van der Waals surface area contributed by atoms with Crippen molar-refractivity contribution in [2.24, 2.45) is 0 Å². The monoisotopic (exact) mass is 428 g/mol. The smallest absolute Gasteiger partial charge is 0.311 e. The normalized spacial score (nSPS) is 17.3. The molecule has 1 heterocycles. The number of ether oxygens (including phenoxy) is 4. The Labute approximate surface area is 181 Å². The Kier molecular flexibility index (Phi) is 7.65. The number of phenols is 1. The fourth-order valence-electron chi connectivity index (χ4n) is 3.17. The van der Waals surface area contributed by atoms with E-state index in [1.54, 1.807) is 36.4 Å². The average Bonchev–Trinajstić information content (AvgIpc) is 3.10. The van der Waals surface area contributed by atoms with Crippen LogP contribution >= 0.6 is 0 Å². The van der Waals surface area contributed by atoms with Gasteiger partial charge in [-0.2, -0.15) is 0 Å². The Balaban J connectivity index is 1.35. The van der Waals surface area contributed by atoms with E-state index in [-0.39, 0.29) is 43.2 Å². The molecule has 1 saturated heterocycles.